The van der Waals surface area contributed by atoms with E-state index in [0.717, 1.165) is 29.9 Å². The van der Waals surface area contributed by atoms with Gasteiger partial charge in [0.1, 0.15) is 29.2 Å². The standard InChI is InChI=1S/C20H21N5O2/c1-12-18(19(25-27-12)13-6-4-3-5-7-13)20(26)24-15-8-14(9-15)16-10-17(21-2)23-11-22-16/h3-7,10-11,14-15H,8-9H2,1-2H3,(H,24,26)(H,21,22,23). The molecule has 2 aromatic heterocycles. The van der Waals surface area contributed by atoms with Crippen molar-refractivity contribution in [3.63, 3.8) is 0 Å². The van der Waals surface area contributed by atoms with Crippen molar-refractivity contribution in [2.24, 2.45) is 0 Å². The van der Waals surface area contributed by atoms with Crippen molar-refractivity contribution in [2.45, 2.75) is 31.7 Å². The molecule has 138 valence electrons. The molecule has 0 radical (unpaired) electrons. The molecule has 1 aromatic carbocycles. The number of benzene rings is 1. The number of aromatic nitrogens is 3. The summed E-state index contributed by atoms with van der Waals surface area (Å²) in [7, 11) is 1.83. The topological polar surface area (TPSA) is 92.9 Å². The zero-order valence-electron chi connectivity index (χ0n) is 15.3. The fourth-order valence-corrected chi connectivity index (χ4v) is 3.40. The van der Waals surface area contributed by atoms with Gasteiger partial charge in [-0.25, -0.2) is 9.97 Å². The third-order valence-electron chi connectivity index (χ3n) is 4.97. The molecule has 0 saturated heterocycles. The Bertz CT molecular complexity index is 948. The number of nitrogens with one attached hydrogen (secondary N) is 2. The van der Waals surface area contributed by atoms with Crippen molar-refractivity contribution in [3.05, 3.63) is 59.7 Å². The van der Waals surface area contributed by atoms with E-state index in [1.165, 1.54) is 0 Å². The van der Waals surface area contributed by atoms with Gasteiger partial charge in [0.05, 0.1) is 0 Å². The maximum atomic E-state index is 12.8. The normalized spacial score (nSPS) is 18.6. The van der Waals surface area contributed by atoms with E-state index in [1.54, 1.807) is 13.3 Å². The van der Waals surface area contributed by atoms with E-state index in [-0.39, 0.29) is 11.9 Å². The Kier molecular flexibility index (Phi) is 4.58. The smallest absolute Gasteiger partial charge is 0.257 e. The van der Waals surface area contributed by atoms with E-state index >= 15 is 0 Å². The van der Waals surface area contributed by atoms with Gasteiger partial charge >= 0.3 is 0 Å². The molecule has 0 bridgehead atoms. The van der Waals surface area contributed by atoms with E-state index in [9.17, 15) is 4.79 Å². The van der Waals surface area contributed by atoms with Gasteiger partial charge in [0.15, 0.2) is 0 Å². The van der Waals surface area contributed by atoms with Gasteiger partial charge in [-0.1, -0.05) is 35.5 Å². The van der Waals surface area contributed by atoms with Crippen LogP contribution in [0.2, 0.25) is 0 Å². The lowest BCUT2D eigenvalue weighted by Gasteiger charge is -2.35. The molecule has 1 aliphatic carbocycles. The predicted octanol–water partition coefficient (Wildman–Crippen LogP) is 3.16. The van der Waals surface area contributed by atoms with Crippen LogP contribution in [0.15, 0.2) is 47.2 Å². The average Bonchev–Trinajstić information content (AvgIpc) is 3.06. The van der Waals surface area contributed by atoms with Crippen LogP contribution in [0.1, 0.15) is 40.6 Å². The summed E-state index contributed by atoms with van der Waals surface area (Å²) in [5.74, 6) is 1.52. The molecule has 27 heavy (non-hydrogen) atoms. The maximum absolute atomic E-state index is 12.8. The van der Waals surface area contributed by atoms with Crippen LogP contribution in [-0.2, 0) is 0 Å². The Morgan fingerprint density at radius 1 is 1.19 bits per heavy atom. The second kappa shape index (κ2) is 7.19. The van der Waals surface area contributed by atoms with Gasteiger partial charge in [-0.15, -0.1) is 0 Å². The molecule has 1 fully saturated rings. The van der Waals surface area contributed by atoms with Crippen molar-refractivity contribution in [3.8, 4) is 11.3 Å². The lowest BCUT2D eigenvalue weighted by molar-refractivity contribution is 0.0907. The fraction of sp³-hybridized carbons (Fsp3) is 0.300. The van der Waals surface area contributed by atoms with Crippen LogP contribution < -0.4 is 10.6 Å². The van der Waals surface area contributed by atoms with Crippen LogP contribution in [0, 0.1) is 6.92 Å². The van der Waals surface area contributed by atoms with E-state index in [4.69, 9.17) is 4.52 Å². The van der Waals surface area contributed by atoms with E-state index in [1.807, 2.05) is 43.4 Å². The number of carbonyl (C=O) groups excluding carboxylic acids is 1. The summed E-state index contributed by atoms with van der Waals surface area (Å²) in [5, 5.41) is 10.2. The molecule has 0 aliphatic heterocycles. The first-order chi connectivity index (χ1) is 13.2. The number of carbonyl (C=O) groups is 1. The third-order valence-corrected chi connectivity index (χ3v) is 4.97. The van der Waals surface area contributed by atoms with E-state index in [0.29, 0.717) is 22.9 Å². The van der Waals surface area contributed by atoms with Crippen LogP contribution in [0.4, 0.5) is 5.82 Å². The summed E-state index contributed by atoms with van der Waals surface area (Å²) in [5.41, 5.74) is 2.96. The Balaban J connectivity index is 1.43. The highest BCUT2D eigenvalue weighted by molar-refractivity contribution is 6.01. The average molecular weight is 363 g/mol. The molecule has 0 atom stereocenters. The van der Waals surface area contributed by atoms with Crippen molar-refractivity contribution in [1.82, 2.24) is 20.4 Å². The highest BCUT2D eigenvalue weighted by Gasteiger charge is 2.34. The molecule has 2 N–H and O–H groups in total. The third kappa shape index (κ3) is 3.40. The van der Waals surface area contributed by atoms with Crippen LogP contribution >= 0.6 is 0 Å². The summed E-state index contributed by atoms with van der Waals surface area (Å²) in [6, 6.07) is 11.7. The first-order valence-electron chi connectivity index (χ1n) is 8.98. The van der Waals surface area contributed by atoms with Crippen molar-refractivity contribution < 1.29 is 9.32 Å². The van der Waals surface area contributed by atoms with Gasteiger partial charge in [0.2, 0.25) is 0 Å². The van der Waals surface area contributed by atoms with Gasteiger partial charge < -0.3 is 15.2 Å². The molecular formula is C20H21N5O2. The zero-order valence-corrected chi connectivity index (χ0v) is 15.3. The van der Waals surface area contributed by atoms with Crippen molar-refractivity contribution in [1.29, 1.82) is 0 Å². The molecule has 4 rings (SSSR count). The summed E-state index contributed by atoms with van der Waals surface area (Å²) in [6.45, 7) is 1.76. The van der Waals surface area contributed by atoms with Gasteiger partial charge in [-0.2, -0.15) is 0 Å². The number of anilines is 1. The van der Waals surface area contributed by atoms with Crippen LogP contribution in [0.3, 0.4) is 0 Å². The Morgan fingerprint density at radius 2 is 1.96 bits per heavy atom. The highest BCUT2D eigenvalue weighted by atomic mass is 16.5. The molecule has 1 amide bonds. The number of hydrogen-bond donors (Lipinski definition) is 2. The molecule has 7 nitrogen and oxygen atoms in total. The van der Waals surface area contributed by atoms with Crippen molar-refractivity contribution in [2.75, 3.05) is 12.4 Å². The van der Waals surface area contributed by atoms with Gasteiger partial charge in [-0.05, 0) is 19.8 Å². The number of nitrogens with zero attached hydrogens (tertiary/aromatic N) is 3. The maximum Gasteiger partial charge on any atom is 0.257 e. The Hall–Kier alpha value is -3.22. The quantitative estimate of drug-likeness (QED) is 0.723. The summed E-state index contributed by atoms with van der Waals surface area (Å²) in [4.78, 5) is 21.3. The first kappa shape index (κ1) is 17.2. The second-order valence-corrected chi connectivity index (χ2v) is 6.75. The zero-order chi connectivity index (χ0) is 18.8. The van der Waals surface area contributed by atoms with Crippen LogP contribution in [0.25, 0.3) is 11.3 Å². The lowest BCUT2D eigenvalue weighted by atomic mass is 9.78. The van der Waals surface area contributed by atoms with E-state index in [2.05, 4.69) is 25.8 Å². The number of amides is 1. The lowest BCUT2D eigenvalue weighted by Crippen LogP contribution is -2.43. The SMILES string of the molecule is CNc1cc(C2CC(NC(=O)c3c(-c4ccccc4)noc3C)C2)ncn1. The summed E-state index contributed by atoms with van der Waals surface area (Å²) < 4.78 is 5.29. The Labute approximate surface area is 157 Å². The molecule has 1 aliphatic rings. The second-order valence-electron chi connectivity index (χ2n) is 6.75. The largest absolute Gasteiger partial charge is 0.373 e. The number of aryl methyl sites for hydroxylation is 1. The molecule has 1 saturated carbocycles. The van der Waals surface area contributed by atoms with Crippen LogP contribution in [-0.4, -0.2) is 34.1 Å². The Morgan fingerprint density at radius 3 is 2.70 bits per heavy atom. The summed E-state index contributed by atoms with van der Waals surface area (Å²) in [6.07, 6.45) is 3.29. The number of rotatable bonds is 5. The minimum absolute atomic E-state index is 0.119. The van der Waals surface area contributed by atoms with E-state index < -0.39 is 0 Å². The molecule has 2 heterocycles. The number of hydrogen-bond acceptors (Lipinski definition) is 6. The first-order valence-corrected chi connectivity index (χ1v) is 8.98. The van der Waals surface area contributed by atoms with Crippen molar-refractivity contribution >= 4 is 11.7 Å². The molecular weight excluding hydrogens is 342 g/mol. The highest BCUT2D eigenvalue weighted by Crippen LogP contribution is 2.36. The minimum Gasteiger partial charge on any atom is -0.373 e. The van der Waals surface area contributed by atoms with Gasteiger partial charge in [-0.3, -0.25) is 4.79 Å². The molecule has 0 unspecified atom stereocenters. The predicted molar refractivity (Wildman–Crippen MR) is 101 cm³/mol. The molecule has 7 heteroatoms. The van der Waals surface area contributed by atoms with Crippen LogP contribution in [0.5, 0.6) is 0 Å². The fourth-order valence-electron chi connectivity index (χ4n) is 3.40. The monoisotopic (exact) mass is 363 g/mol. The van der Waals surface area contributed by atoms with Gasteiger partial charge in [0.25, 0.3) is 5.91 Å². The molecule has 0 spiro atoms. The minimum atomic E-state index is -0.144. The summed E-state index contributed by atoms with van der Waals surface area (Å²) >= 11 is 0. The molecule has 3 aromatic rings. The van der Waals surface area contributed by atoms with Gasteiger partial charge in [0, 0.05) is 36.3 Å².